The molecule has 2 nitrogen and oxygen atoms in total. The van der Waals surface area contributed by atoms with E-state index < -0.39 is 9.05 Å². The van der Waals surface area contributed by atoms with Crippen LogP contribution in [0.5, 0.6) is 0 Å². The van der Waals surface area contributed by atoms with Crippen molar-refractivity contribution in [1.82, 2.24) is 0 Å². The highest BCUT2D eigenvalue weighted by molar-refractivity contribution is 8.13. The first-order valence-electron chi connectivity index (χ1n) is 4.81. The summed E-state index contributed by atoms with van der Waals surface area (Å²) in [5, 5.41) is 0. The second-order valence-corrected chi connectivity index (χ2v) is 8.51. The van der Waals surface area contributed by atoms with Crippen molar-refractivity contribution in [2.45, 2.75) is 26.7 Å². The van der Waals surface area contributed by atoms with Crippen molar-refractivity contribution in [3.8, 4) is 0 Å². The summed E-state index contributed by atoms with van der Waals surface area (Å²) < 4.78 is 22.1. The fourth-order valence-corrected chi connectivity index (χ4v) is 5.33. The number of hydrogen-bond donors (Lipinski definition) is 0. The maximum absolute atomic E-state index is 11.0. The summed E-state index contributed by atoms with van der Waals surface area (Å²) in [5.74, 6) is 2.85. The third kappa shape index (κ3) is 3.99. The second kappa shape index (κ2) is 4.62. The summed E-state index contributed by atoms with van der Waals surface area (Å²) in [6.45, 7) is 4.01. The van der Waals surface area contributed by atoms with Crippen LogP contribution in [0.3, 0.4) is 0 Å². The van der Waals surface area contributed by atoms with Crippen molar-refractivity contribution in [2.24, 2.45) is 11.3 Å². The van der Waals surface area contributed by atoms with Gasteiger partial charge in [-0.1, -0.05) is 13.8 Å². The molecular formula is C9H17ClO2S2. The van der Waals surface area contributed by atoms with Crippen LogP contribution < -0.4 is 0 Å². The van der Waals surface area contributed by atoms with E-state index in [2.05, 4.69) is 0 Å². The van der Waals surface area contributed by atoms with Gasteiger partial charge in [0.25, 0.3) is 0 Å². The predicted octanol–water partition coefficient (Wildman–Crippen LogP) is 2.72. The van der Waals surface area contributed by atoms with E-state index in [0.29, 0.717) is 5.92 Å². The molecule has 0 aromatic rings. The van der Waals surface area contributed by atoms with Crippen molar-refractivity contribution in [2.75, 3.05) is 17.3 Å². The molecule has 0 radical (unpaired) electrons. The first-order chi connectivity index (χ1) is 6.31. The molecule has 5 heteroatoms. The number of halogens is 1. The standard InChI is InChI=1S/C9H17ClO2S2/c1-9(2,7-14(10,11)12)8-4-3-5-13-6-8/h8H,3-7H2,1-2H3. The molecule has 0 saturated carbocycles. The first kappa shape index (κ1) is 12.7. The maximum atomic E-state index is 11.0. The van der Waals surface area contributed by atoms with Crippen LogP contribution in [0.1, 0.15) is 26.7 Å². The highest BCUT2D eigenvalue weighted by Crippen LogP contribution is 2.38. The monoisotopic (exact) mass is 256 g/mol. The van der Waals surface area contributed by atoms with Gasteiger partial charge in [-0.2, -0.15) is 11.8 Å². The molecule has 1 unspecified atom stereocenters. The van der Waals surface area contributed by atoms with Crippen molar-refractivity contribution >= 4 is 31.5 Å². The molecule has 14 heavy (non-hydrogen) atoms. The summed E-state index contributed by atoms with van der Waals surface area (Å²) in [5.41, 5.74) is -0.187. The number of hydrogen-bond acceptors (Lipinski definition) is 3. The Hall–Kier alpha value is 0.590. The molecule has 84 valence electrons. The molecule has 1 rings (SSSR count). The van der Waals surface area contributed by atoms with Crippen molar-refractivity contribution in [3.63, 3.8) is 0 Å². The molecule has 1 fully saturated rings. The molecule has 1 atom stereocenters. The van der Waals surface area contributed by atoms with Gasteiger partial charge in [0.15, 0.2) is 0 Å². The zero-order chi connectivity index (χ0) is 10.8. The minimum absolute atomic E-state index is 0.0901. The molecule has 0 aromatic heterocycles. The molecule has 1 aliphatic rings. The SMILES string of the molecule is CC(C)(CS(=O)(=O)Cl)C1CCCSC1. The fourth-order valence-electron chi connectivity index (χ4n) is 1.92. The lowest BCUT2D eigenvalue weighted by Crippen LogP contribution is -2.33. The van der Waals surface area contributed by atoms with Crippen LogP contribution in [0.25, 0.3) is 0 Å². The summed E-state index contributed by atoms with van der Waals surface area (Å²) in [6, 6.07) is 0. The average molecular weight is 257 g/mol. The van der Waals surface area contributed by atoms with E-state index >= 15 is 0 Å². The van der Waals surface area contributed by atoms with Crippen LogP contribution in [-0.2, 0) is 9.05 Å². The molecule has 0 aromatic carbocycles. The first-order valence-corrected chi connectivity index (χ1v) is 8.45. The van der Waals surface area contributed by atoms with Gasteiger partial charge in [-0.3, -0.25) is 0 Å². The summed E-state index contributed by atoms with van der Waals surface area (Å²) in [4.78, 5) is 0. The molecular weight excluding hydrogens is 240 g/mol. The van der Waals surface area contributed by atoms with Crippen LogP contribution >= 0.6 is 22.4 Å². The predicted molar refractivity (Wildman–Crippen MR) is 63.5 cm³/mol. The number of thioether (sulfide) groups is 1. The highest BCUT2D eigenvalue weighted by atomic mass is 35.7. The second-order valence-electron chi connectivity index (χ2n) is 4.59. The fraction of sp³-hybridized carbons (Fsp3) is 1.00. The number of rotatable bonds is 3. The van der Waals surface area contributed by atoms with E-state index in [0.717, 1.165) is 12.2 Å². The van der Waals surface area contributed by atoms with Crippen LogP contribution in [0, 0.1) is 11.3 Å². The average Bonchev–Trinajstić information content (AvgIpc) is 2.01. The maximum Gasteiger partial charge on any atom is 0.233 e. The van der Waals surface area contributed by atoms with Crippen LogP contribution in [0.15, 0.2) is 0 Å². The molecule has 1 aliphatic heterocycles. The van der Waals surface area contributed by atoms with Crippen molar-refractivity contribution in [3.05, 3.63) is 0 Å². The van der Waals surface area contributed by atoms with E-state index in [1.807, 2.05) is 25.6 Å². The highest BCUT2D eigenvalue weighted by Gasteiger charge is 2.34. The minimum Gasteiger partial charge on any atom is -0.212 e. The van der Waals surface area contributed by atoms with Crippen LogP contribution in [0.4, 0.5) is 0 Å². The zero-order valence-electron chi connectivity index (χ0n) is 8.62. The largest absolute Gasteiger partial charge is 0.233 e. The van der Waals surface area contributed by atoms with Gasteiger partial charge < -0.3 is 0 Å². The van der Waals surface area contributed by atoms with E-state index in [-0.39, 0.29) is 11.2 Å². The zero-order valence-corrected chi connectivity index (χ0v) is 11.0. The Bertz CT molecular complexity index is 279. The normalized spacial score (nSPS) is 24.9. The third-order valence-corrected chi connectivity index (χ3v) is 5.44. The van der Waals surface area contributed by atoms with E-state index in [9.17, 15) is 8.42 Å². The van der Waals surface area contributed by atoms with Gasteiger partial charge >= 0.3 is 0 Å². The summed E-state index contributed by atoms with van der Waals surface area (Å²) in [7, 11) is 1.93. The lowest BCUT2D eigenvalue weighted by atomic mass is 9.79. The van der Waals surface area contributed by atoms with Gasteiger partial charge in [-0.05, 0) is 35.7 Å². The minimum atomic E-state index is -3.37. The molecule has 0 spiro atoms. The topological polar surface area (TPSA) is 34.1 Å². The Kier molecular flexibility index (Phi) is 4.18. The van der Waals surface area contributed by atoms with Crippen LogP contribution in [-0.4, -0.2) is 25.7 Å². The Morgan fingerprint density at radius 3 is 2.57 bits per heavy atom. The van der Waals surface area contributed by atoms with E-state index in [4.69, 9.17) is 10.7 Å². The van der Waals surface area contributed by atoms with E-state index in [1.54, 1.807) is 0 Å². The molecule has 0 bridgehead atoms. The van der Waals surface area contributed by atoms with Gasteiger partial charge in [-0.15, -0.1) is 0 Å². The summed E-state index contributed by atoms with van der Waals surface area (Å²) >= 11 is 1.92. The molecule has 0 amide bonds. The molecule has 1 heterocycles. The van der Waals surface area contributed by atoms with Crippen LogP contribution in [0.2, 0.25) is 0 Å². The van der Waals surface area contributed by atoms with E-state index in [1.165, 1.54) is 12.2 Å². The van der Waals surface area contributed by atoms with Crippen molar-refractivity contribution < 1.29 is 8.42 Å². The molecule has 0 N–H and O–H groups in total. The van der Waals surface area contributed by atoms with Gasteiger partial charge in [-0.25, -0.2) is 8.42 Å². The quantitative estimate of drug-likeness (QED) is 0.729. The Labute approximate surface area is 95.2 Å². The van der Waals surface area contributed by atoms with Gasteiger partial charge in [0.2, 0.25) is 9.05 Å². The Morgan fingerprint density at radius 2 is 2.14 bits per heavy atom. The summed E-state index contributed by atoms with van der Waals surface area (Å²) in [6.07, 6.45) is 2.33. The van der Waals surface area contributed by atoms with Gasteiger partial charge in [0.1, 0.15) is 0 Å². The molecule has 1 saturated heterocycles. The Balaban J connectivity index is 2.63. The van der Waals surface area contributed by atoms with Crippen molar-refractivity contribution in [1.29, 1.82) is 0 Å². The smallest absolute Gasteiger partial charge is 0.212 e. The lowest BCUT2D eigenvalue weighted by molar-refractivity contribution is 0.250. The van der Waals surface area contributed by atoms with Gasteiger partial charge in [0.05, 0.1) is 5.75 Å². The Morgan fingerprint density at radius 1 is 1.50 bits per heavy atom. The van der Waals surface area contributed by atoms with Gasteiger partial charge in [0, 0.05) is 10.7 Å². The molecule has 0 aliphatic carbocycles. The lowest BCUT2D eigenvalue weighted by Gasteiger charge is -2.35. The third-order valence-electron chi connectivity index (χ3n) is 2.81.